The van der Waals surface area contributed by atoms with Crippen molar-refractivity contribution in [3.8, 4) is 0 Å². The van der Waals surface area contributed by atoms with Crippen molar-refractivity contribution in [1.29, 1.82) is 0 Å². The van der Waals surface area contributed by atoms with E-state index < -0.39 is 0 Å². The lowest BCUT2D eigenvalue weighted by Gasteiger charge is -2.14. The lowest BCUT2D eigenvalue weighted by atomic mass is 10.3. The third-order valence-electron chi connectivity index (χ3n) is 2.60. The highest BCUT2D eigenvalue weighted by molar-refractivity contribution is 8.00. The molecule has 2 rings (SSSR count). The van der Waals surface area contributed by atoms with E-state index in [9.17, 15) is 5.11 Å². The van der Waals surface area contributed by atoms with Gasteiger partial charge in [0.25, 0.3) is 0 Å². The summed E-state index contributed by atoms with van der Waals surface area (Å²) in [4.78, 5) is 9.97. The normalized spacial score (nSPS) is 14.7. The van der Waals surface area contributed by atoms with Crippen molar-refractivity contribution in [2.24, 2.45) is 0 Å². The van der Waals surface area contributed by atoms with Crippen LogP contribution in [0.2, 0.25) is 0 Å². The molecule has 0 amide bonds. The van der Waals surface area contributed by atoms with Crippen LogP contribution in [0.5, 0.6) is 0 Å². The molecule has 2 aromatic rings. The van der Waals surface area contributed by atoms with Gasteiger partial charge in [0.15, 0.2) is 0 Å². The molecule has 6 heteroatoms. The summed E-state index contributed by atoms with van der Waals surface area (Å²) in [5, 5.41) is 16.9. The quantitative estimate of drug-likeness (QED) is 0.652. The van der Waals surface area contributed by atoms with Crippen LogP contribution in [-0.2, 0) is 0 Å². The molecular formula is C12H17N3OS2. The highest BCUT2D eigenvalue weighted by Gasteiger charge is 2.15. The lowest BCUT2D eigenvalue weighted by molar-refractivity contribution is 0.196. The van der Waals surface area contributed by atoms with Crippen LogP contribution in [0.4, 0.5) is 5.95 Å². The summed E-state index contributed by atoms with van der Waals surface area (Å²) in [6, 6.07) is 2.03. The van der Waals surface area contributed by atoms with E-state index in [1.807, 2.05) is 25.3 Å². The Morgan fingerprint density at radius 1 is 1.44 bits per heavy atom. The topological polar surface area (TPSA) is 58.0 Å². The van der Waals surface area contributed by atoms with Crippen molar-refractivity contribution >= 4 is 39.3 Å². The Bertz CT molecular complexity index is 527. The van der Waals surface area contributed by atoms with Gasteiger partial charge in [0.2, 0.25) is 5.95 Å². The molecular weight excluding hydrogens is 266 g/mol. The summed E-state index contributed by atoms with van der Waals surface area (Å²) in [7, 11) is 0. The van der Waals surface area contributed by atoms with Crippen molar-refractivity contribution in [1.82, 2.24) is 9.97 Å². The van der Waals surface area contributed by atoms with E-state index in [-0.39, 0.29) is 11.4 Å². The number of hydrogen-bond acceptors (Lipinski definition) is 6. The molecule has 2 atom stereocenters. The first kappa shape index (κ1) is 13.6. The van der Waals surface area contributed by atoms with Crippen molar-refractivity contribution in [3.05, 3.63) is 11.4 Å². The number of hydrogen-bond donors (Lipinski definition) is 2. The van der Waals surface area contributed by atoms with Crippen LogP contribution in [0.1, 0.15) is 20.8 Å². The van der Waals surface area contributed by atoms with Crippen molar-refractivity contribution in [2.45, 2.75) is 37.2 Å². The molecule has 2 heterocycles. The zero-order valence-corrected chi connectivity index (χ0v) is 12.3. The molecule has 0 aliphatic heterocycles. The summed E-state index contributed by atoms with van der Waals surface area (Å²) in [5.74, 6) is 0.660. The largest absolute Gasteiger partial charge is 0.392 e. The number of aliphatic hydroxyl groups excluding tert-OH is 1. The Labute approximate surface area is 115 Å². The van der Waals surface area contributed by atoms with E-state index in [0.29, 0.717) is 5.95 Å². The first-order valence-corrected chi connectivity index (χ1v) is 7.71. The third kappa shape index (κ3) is 2.93. The summed E-state index contributed by atoms with van der Waals surface area (Å²) >= 11 is 3.20. The number of aromatic nitrogens is 2. The maximum atomic E-state index is 9.60. The molecule has 4 nitrogen and oxygen atoms in total. The second-order valence-electron chi connectivity index (χ2n) is 4.09. The molecule has 2 aromatic heterocycles. The molecule has 0 aromatic carbocycles. The minimum atomic E-state index is -0.360. The number of aliphatic hydroxyl groups is 1. The lowest BCUT2D eigenvalue weighted by Crippen LogP contribution is -2.15. The highest BCUT2D eigenvalue weighted by Crippen LogP contribution is 2.32. The fraction of sp³-hybridized carbons (Fsp3) is 0.500. The monoisotopic (exact) mass is 283 g/mol. The fourth-order valence-corrected chi connectivity index (χ4v) is 3.24. The summed E-state index contributed by atoms with van der Waals surface area (Å²) < 4.78 is 0. The van der Waals surface area contributed by atoms with E-state index in [2.05, 4.69) is 15.3 Å². The number of nitrogens with one attached hydrogen (secondary N) is 1. The minimum absolute atomic E-state index is 0.109. The molecule has 0 spiro atoms. The summed E-state index contributed by atoms with van der Waals surface area (Å²) in [6.45, 7) is 6.62. The van der Waals surface area contributed by atoms with E-state index in [0.717, 1.165) is 21.8 Å². The van der Waals surface area contributed by atoms with Gasteiger partial charge in [-0.1, -0.05) is 18.7 Å². The molecule has 0 saturated heterocycles. The summed E-state index contributed by atoms with van der Waals surface area (Å²) in [5.41, 5.74) is 0. The van der Waals surface area contributed by atoms with Gasteiger partial charge in [-0.15, -0.1) is 11.3 Å². The van der Waals surface area contributed by atoms with Crippen molar-refractivity contribution in [3.63, 3.8) is 0 Å². The molecule has 2 N–H and O–H groups in total. The molecule has 18 heavy (non-hydrogen) atoms. The predicted octanol–water partition coefficient (Wildman–Crippen LogP) is 2.98. The van der Waals surface area contributed by atoms with Gasteiger partial charge < -0.3 is 10.4 Å². The minimum Gasteiger partial charge on any atom is -0.392 e. The highest BCUT2D eigenvalue weighted by atomic mass is 32.2. The maximum Gasteiger partial charge on any atom is 0.225 e. The van der Waals surface area contributed by atoms with Crippen LogP contribution in [0.15, 0.2) is 16.5 Å². The van der Waals surface area contributed by atoms with Crippen LogP contribution in [-0.4, -0.2) is 33.0 Å². The Kier molecular flexibility index (Phi) is 4.42. The first-order chi connectivity index (χ1) is 8.61. The number of fused-ring (bicyclic) bond motifs is 1. The Morgan fingerprint density at radius 2 is 2.22 bits per heavy atom. The standard InChI is InChI=1S/C12H17N3OS2/c1-4-13-12-14-10-9(5-6-17-10)11(15-12)18-8(3)7(2)16/h5-8,16H,4H2,1-3H3,(H,13,14,15). The third-order valence-corrected chi connectivity index (χ3v) is 4.71. The van der Waals surface area contributed by atoms with Crippen LogP contribution < -0.4 is 5.32 Å². The first-order valence-electron chi connectivity index (χ1n) is 5.95. The Hall–Kier alpha value is -0.850. The van der Waals surface area contributed by atoms with Gasteiger partial charge in [0.05, 0.1) is 6.10 Å². The molecule has 0 fully saturated rings. The van der Waals surface area contributed by atoms with Crippen molar-refractivity contribution < 1.29 is 5.11 Å². The number of thiophene rings is 1. The molecule has 0 saturated carbocycles. The van der Waals surface area contributed by atoms with E-state index in [1.54, 1.807) is 30.0 Å². The molecule has 0 radical (unpaired) electrons. The summed E-state index contributed by atoms with van der Waals surface area (Å²) in [6.07, 6.45) is -0.360. The average Bonchev–Trinajstić information content (AvgIpc) is 2.77. The number of nitrogens with zero attached hydrogens (tertiary/aromatic N) is 2. The van der Waals surface area contributed by atoms with Gasteiger partial charge in [0.1, 0.15) is 9.86 Å². The van der Waals surface area contributed by atoms with Crippen molar-refractivity contribution in [2.75, 3.05) is 11.9 Å². The second kappa shape index (κ2) is 5.86. The molecule has 98 valence electrons. The average molecular weight is 283 g/mol. The maximum absolute atomic E-state index is 9.60. The van der Waals surface area contributed by atoms with Gasteiger partial charge in [-0.3, -0.25) is 0 Å². The van der Waals surface area contributed by atoms with Crippen LogP contribution in [0, 0.1) is 0 Å². The Morgan fingerprint density at radius 3 is 2.89 bits per heavy atom. The molecule has 0 aliphatic rings. The van der Waals surface area contributed by atoms with Gasteiger partial charge >= 0.3 is 0 Å². The smallest absolute Gasteiger partial charge is 0.225 e. The van der Waals surface area contributed by atoms with Gasteiger partial charge in [-0.05, 0) is 25.3 Å². The molecule has 0 aliphatic carbocycles. The van der Waals surface area contributed by atoms with E-state index in [4.69, 9.17) is 0 Å². The Balaban J connectivity index is 2.37. The van der Waals surface area contributed by atoms with Crippen LogP contribution >= 0.6 is 23.1 Å². The second-order valence-corrected chi connectivity index (χ2v) is 6.35. The molecule has 0 bridgehead atoms. The number of anilines is 1. The molecule has 2 unspecified atom stereocenters. The zero-order chi connectivity index (χ0) is 13.1. The fourth-order valence-electron chi connectivity index (χ4n) is 1.43. The van der Waals surface area contributed by atoms with E-state index >= 15 is 0 Å². The van der Waals surface area contributed by atoms with Gasteiger partial charge in [-0.2, -0.15) is 0 Å². The van der Waals surface area contributed by atoms with E-state index in [1.165, 1.54) is 0 Å². The van der Waals surface area contributed by atoms with Gasteiger partial charge in [-0.25, -0.2) is 9.97 Å². The SMILES string of the molecule is CCNc1nc(SC(C)C(C)O)c2ccsc2n1. The zero-order valence-electron chi connectivity index (χ0n) is 10.7. The number of thioether (sulfide) groups is 1. The number of rotatable bonds is 5. The van der Waals surface area contributed by atoms with Crippen LogP contribution in [0.25, 0.3) is 10.2 Å². The predicted molar refractivity (Wildman–Crippen MR) is 78.6 cm³/mol. The van der Waals surface area contributed by atoms with Gasteiger partial charge in [0, 0.05) is 17.2 Å². The van der Waals surface area contributed by atoms with Crippen LogP contribution in [0.3, 0.4) is 0 Å².